The van der Waals surface area contributed by atoms with Crippen LogP contribution in [0, 0.1) is 0 Å². The van der Waals surface area contributed by atoms with Crippen LogP contribution in [-0.4, -0.2) is 66.0 Å². The van der Waals surface area contributed by atoms with E-state index in [-0.39, 0.29) is 43.2 Å². The lowest BCUT2D eigenvalue weighted by atomic mass is 9.82. The van der Waals surface area contributed by atoms with Gasteiger partial charge >= 0.3 is 11.9 Å². The van der Waals surface area contributed by atoms with Gasteiger partial charge in [0, 0.05) is 24.4 Å². The third kappa shape index (κ3) is 6.58. The lowest BCUT2D eigenvalue weighted by Crippen LogP contribution is -2.38. The van der Waals surface area contributed by atoms with Crippen LogP contribution in [0.1, 0.15) is 25.3 Å². The largest absolute Gasteiger partial charge is 0.463 e. The third-order valence-electron chi connectivity index (χ3n) is 4.85. The van der Waals surface area contributed by atoms with Gasteiger partial charge in [0.05, 0.1) is 36.0 Å². The number of halogens is 1. The Bertz CT molecular complexity index is 1100. The fraction of sp³-hybridized carbons (Fsp3) is 0.409. The van der Waals surface area contributed by atoms with Crippen LogP contribution in [0.4, 0.5) is 0 Å². The van der Waals surface area contributed by atoms with E-state index in [1.54, 1.807) is 25.1 Å². The zero-order valence-electron chi connectivity index (χ0n) is 19.1. The average molecular weight is 515 g/mol. The number of hydrogen-bond donors (Lipinski definition) is 2. The zero-order valence-corrected chi connectivity index (χ0v) is 20.6. The molecule has 1 amide bonds. The highest BCUT2D eigenvalue weighted by atomic mass is 35.5. The first-order valence-corrected chi connectivity index (χ1v) is 12.4. The molecule has 1 unspecified atom stereocenters. The number of sulfone groups is 1. The Morgan fingerprint density at radius 3 is 2.50 bits per heavy atom. The molecule has 10 nitrogen and oxygen atoms in total. The van der Waals surface area contributed by atoms with Crippen molar-refractivity contribution in [3.63, 3.8) is 0 Å². The molecule has 1 aromatic rings. The van der Waals surface area contributed by atoms with Crippen molar-refractivity contribution in [2.75, 3.05) is 39.2 Å². The predicted molar refractivity (Wildman–Crippen MR) is 124 cm³/mol. The van der Waals surface area contributed by atoms with Crippen molar-refractivity contribution in [3.05, 3.63) is 56.7 Å². The summed E-state index contributed by atoms with van der Waals surface area (Å²) in [6, 6.07) is 6.38. The monoisotopic (exact) mass is 514 g/mol. The molecular weight excluding hydrogens is 488 g/mol. The van der Waals surface area contributed by atoms with Crippen molar-refractivity contribution in [2.24, 2.45) is 0 Å². The molecule has 0 aromatic heterocycles. The Labute approximate surface area is 203 Å². The van der Waals surface area contributed by atoms with Crippen LogP contribution in [0.15, 0.2) is 46.1 Å². The van der Waals surface area contributed by atoms with Crippen molar-refractivity contribution < 1.29 is 37.0 Å². The third-order valence-corrected chi connectivity index (χ3v) is 6.78. The first kappa shape index (κ1) is 27.4. The molecule has 0 spiro atoms. The summed E-state index contributed by atoms with van der Waals surface area (Å²) in [6.45, 7) is 2.98. The fourth-order valence-corrected chi connectivity index (χ4v) is 5.04. The highest BCUT2D eigenvalue weighted by Gasteiger charge is 2.42. The minimum absolute atomic E-state index is 0.0268. The van der Waals surface area contributed by atoms with Crippen LogP contribution < -0.4 is 10.6 Å². The van der Waals surface area contributed by atoms with Crippen LogP contribution in [-0.2, 0) is 38.4 Å². The zero-order chi connectivity index (χ0) is 25.3. The Morgan fingerprint density at radius 2 is 1.88 bits per heavy atom. The molecule has 12 heteroatoms. The maximum Gasteiger partial charge on any atom is 0.337 e. The summed E-state index contributed by atoms with van der Waals surface area (Å²) in [5.41, 5.74) is 0.335. The van der Waals surface area contributed by atoms with E-state index in [0.29, 0.717) is 17.0 Å². The number of carbonyl (C=O) groups is 3. The molecule has 34 heavy (non-hydrogen) atoms. The predicted octanol–water partition coefficient (Wildman–Crippen LogP) is 1.43. The van der Waals surface area contributed by atoms with Gasteiger partial charge in [0.25, 0.3) is 0 Å². The van der Waals surface area contributed by atoms with Gasteiger partial charge in [-0.3, -0.25) is 4.79 Å². The lowest BCUT2D eigenvalue weighted by molar-refractivity contribution is -0.140. The minimum atomic E-state index is -4.12. The number of rotatable bonds is 12. The van der Waals surface area contributed by atoms with Gasteiger partial charge in [-0.15, -0.1) is 0 Å². The number of ether oxygens (including phenoxy) is 3. The summed E-state index contributed by atoms with van der Waals surface area (Å²) in [7, 11) is -2.66. The van der Waals surface area contributed by atoms with Gasteiger partial charge in [-0.1, -0.05) is 23.7 Å². The first-order chi connectivity index (χ1) is 16.2. The number of nitrogens with one attached hydrogen (secondary N) is 2. The summed E-state index contributed by atoms with van der Waals surface area (Å²) in [6.07, 6.45) is 0.374. The van der Waals surface area contributed by atoms with Crippen molar-refractivity contribution >= 4 is 39.8 Å². The van der Waals surface area contributed by atoms with E-state index < -0.39 is 38.5 Å². The van der Waals surface area contributed by atoms with Crippen LogP contribution >= 0.6 is 11.6 Å². The quantitative estimate of drug-likeness (QED) is 0.241. The molecule has 1 atom stereocenters. The van der Waals surface area contributed by atoms with Gasteiger partial charge < -0.3 is 24.8 Å². The molecule has 1 heterocycles. The van der Waals surface area contributed by atoms with E-state index in [1.165, 1.54) is 20.1 Å². The second kappa shape index (κ2) is 12.5. The number of esters is 2. The lowest BCUT2D eigenvalue weighted by Gasteiger charge is -2.31. The molecule has 2 rings (SSSR count). The van der Waals surface area contributed by atoms with Crippen molar-refractivity contribution in [3.8, 4) is 0 Å². The van der Waals surface area contributed by atoms with Gasteiger partial charge in [-0.2, -0.15) is 0 Å². The molecule has 0 aliphatic carbocycles. The molecule has 186 valence electrons. The van der Waals surface area contributed by atoms with Crippen molar-refractivity contribution in [2.45, 2.75) is 19.8 Å². The minimum Gasteiger partial charge on any atom is -0.463 e. The van der Waals surface area contributed by atoms with Crippen LogP contribution in [0.3, 0.4) is 0 Å². The van der Waals surface area contributed by atoms with Gasteiger partial charge in [-0.05, 0) is 31.5 Å². The molecule has 0 fully saturated rings. The normalized spacial score (nSPS) is 16.1. The number of carbonyl (C=O) groups excluding carboxylic acids is 3. The number of amides is 1. The molecule has 0 saturated heterocycles. The van der Waals surface area contributed by atoms with E-state index in [2.05, 4.69) is 10.6 Å². The van der Waals surface area contributed by atoms with E-state index in [9.17, 15) is 22.8 Å². The molecule has 1 aromatic carbocycles. The highest BCUT2D eigenvalue weighted by Crippen LogP contribution is 2.41. The molecule has 0 radical (unpaired) electrons. The van der Waals surface area contributed by atoms with E-state index in [1.807, 2.05) is 0 Å². The molecule has 0 saturated carbocycles. The molecule has 2 N–H and O–H groups in total. The van der Waals surface area contributed by atoms with Gasteiger partial charge in [0.15, 0.2) is 9.84 Å². The first-order valence-electron chi connectivity index (χ1n) is 10.4. The Kier molecular flexibility index (Phi) is 10.1. The summed E-state index contributed by atoms with van der Waals surface area (Å²) in [5, 5.41) is 4.90. The smallest absolute Gasteiger partial charge is 0.337 e. The Morgan fingerprint density at radius 1 is 1.18 bits per heavy atom. The summed E-state index contributed by atoms with van der Waals surface area (Å²) in [5.74, 6) is -3.30. The number of dihydropyridines is 1. The van der Waals surface area contributed by atoms with Crippen LogP contribution in [0.5, 0.6) is 0 Å². The SMILES string of the molecule is CCOC(=O)C1=C(S(=O)(=O)CCNC=O)NC(C)=C(C(=O)OCCOC)C1c1cccc(Cl)c1. The number of allylic oxidation sites excluding steroid dienone is 1. The Balaban J connectivity index is 2.74. The number of methoxy groups -OCH3 is 1. The van der Waals surface area contributed by atoms with E-state index in [4.69, 9.17) is 25.8 Å². The average Bonchev–Trinajstić information content (AvgIpc) is 2.78. The molecule has 1 aliphatic heterocycles. The summed E-state index contributed by atoms with van der Waals surface area (Å²) in [4.78, 5) is 36.8. The van der Waals surface area contributed by atoms with E-state index in [0.717, 1.165) is 0 Å². The second-order valence-electron chi connectivity index (χ2n) is 7.13. The highest BCUT2D eigenvalue weighted by molar-refractivity contribution is 7.95. The maximum absolute atomic E-state index is 13.2. The standard InChI is InChI=1S/C22H27ClN2O8S/c1-4-32-22(28)19-18(15-6-5-7-16(23)12-15)17(21(27)33-10-9-31-3)14(2)25-20(19)34(29,30)11-8-24-13-26/h5-7,12-13,18,25H,4,8-11H2,1-3H3,(H,24,26). The second-order valence-corrected chi connectivity index (χ2v) is 9.62. The topological polar surface area (TPSA) is 137 Å². The van der Waals surface area contributed by atoms with Gasteiger partial charge in [0.2, 0.25) is 6.41 Å². The molecule has 0 bridgehead atoms. The summed E-state index contributed by atoms with van der Waals surface area (Å²) < 4.78 is 41.8. The molecular formula is C22H27ClN2O8S. The summed E-state index contributed by atoms with van der Waals surface area (Å²) >= 11 is 6.17. The van der Waals surface area contributed by atoms with Crippen LogP contribution in [0.2, 0.25) is 5.02 Å². The number of hydrogen-bond acceptors (Lipinski definition) is 9. The Hall–Kier alpha value is -2.89. The van der Waals surface area contributed by atoms with E-state index >= 15 is 0 Å². The van der Waals surface area contributed by atoms with Crippen molar-refractivity contribution in [1.82, 2.24) is 10.6 Å². The van der Waals surface area contributed by atoms with Crippen LogP contribution in [0.25, 0.3) is 0 Å². The fourth-order valence-electron chi connectivity index (χ4n) is 3.40. The molecule has 1 aliphatic rings. The number of benzene rings is 1. The maximum atomic E-state index is 13.2. The van der Waals surface area contributed by atoms with Crippen molar-refractivity contribution in [1.29, 1.82) is 0 Å². The van der Waals surface area contributed by atoms with Gasteiger partial charge in [-0.25, -0.2) is 18.0 Å². The van der Waals surface area contributed by atoms with Gasteiger partial charge in [0.1, 0.15) is 11.6 Å².